The Morgan fingerprint density at radius 3 is 2.18 bits per heavy atom. The van der Waals surface area contributed by atoms with Crippen LogP contribution in [0.1, 0.15) is 18.5 Å². The van der Waals surface area contributed by atoms with E-state index in [1.165, 1.54) is 44.4 Å². The van der Waals surface area contributed by atoms with Crippen LogP contribution >= 0.6 is 0 Å². The topological polar surface area (TPSA) is 55.4 Å². The van der Waals surface area contributed by atoms with Crippen molar-refractivity contribution >= 4 is 10.0 Å². The Morgan fingerprint density at radius 2 is 1.57 bits per heavy atom. The van der Waals surface area contributed by atoms with Gasteiger partial charge in [-0.2, -0.15) is 0 Å². The Hall–Kier alpha value is -2.77. The van der Waals surface area contributed by atoms with Crippen molar-refractivity contribution in [1.82, 2.24) is 4.72 Å². The molecule has 0 heterocycles. The summed E-state index contributed by atoms with van der Waals surface area (Å²) < 4.78 is 61.4. The third-order valence-corrected chi connectivity index (χ3v) is 5.91. The number of hydrogen-bond donors (Lipinski definition) is 1. The van der Waals surface area contributed by atoms with Crippen molar-refractivity contribution in [3.05, 3.63) is 83.9 Å². The van der Waals surface area contributed by atoms with E-state index in [1.807, 2.05) is 0 Å². The molecule has 0 radical (unpaired) electrons. The molecule has 0 amide bonds. The van der Waals surface area contributed by atoms with Crippen molar-refractivity contribution in [2.75, 3.05) is 7.11 Å². The highest BCUT2D eigenvalue weighted by atomic mass is 32.2. The van der Waals surface area contributed by atoms with E-state index in [2.05, 4.69) is 4.72 Å². The molecule has 1 atom stereocenters. The third-order valence-electron chi connectivity index (χ3n) is 4.35. The molecule has 0 aliphatic carbocycles. The monoisotopic (exact) mass is 403 g/mol. The first-order valence-corrected chi connectivity index (χ1v) is 10.0. The van der Waals surface area contributed by atoms with Crippen molar-refractivity contribution in [2.45, 2.75) is 17.9 Å². The normalized spacial score (nSPS) is 12.6. The van der Waals surface area contributed by atoms with Gasteiger partial charge < -0.3 is 4.74 Å². The molecule has 1 unspecified atom stereocenters. The van der Waals surface area contributed by atoms with Crippen LogP contribution in [-0.4, -0.2) is 15.5 Å². The Bertz CT molecular complexity index is 1070. The fourth-order valence-corrected chi connectivity index (χ4v) is 4.19. The molecule has 4 nitrogen and oxygen atoms in total. The quantitative estimate of drug-likeness (QED) is 0.650. The van der Waals surface area contributed by atoms with Crippen LogP contribution in [0.3, 0.4) is 0 Å². The van der Waals surface area contributed by atoms with Gasteiger partial charge in [-0.3, -0.25) is 0 Å². The molecule has 3 rings (SSSR count). The zero-order valence-electron chi connectivity index (χ0n) is 15.3. The van der Waals surface area contributed by atoms with Gasteiger partial charge >= 0.3 is 0 Å². The van der Waals surface area contributed by atoms with Crippen LogP contribution in [0.5, 0.6) is 5.75 Å². The highest BCUT2D eigenvalue weighted by molar-refractivity contribution is 7.89. The van der Waals surface area contributed by atoms with Gasteiger partial charge in [0.25, 0.3) is 0 Å². The second-order valence-corrected chi connectivity index (χ2v) is 7.92. The first-order chi connectivity index (χ1) is 13.3. The van der Waals surface area contributed by atoms with Crippen LogP contribution in [0.2, 0.25) is 0 Å². The summed E-state index contributed by atoms with van der Waals surface area (Å²) in [5.41, 5.74) is 1.03. The van der Waals surface area contributed by atoms with Crippen molar-refractivity contribution < 1.29 is 21.9 Å². The van der Waals surface area contributed by atoms with E-state index >= 15 is 0 Å². The zero-order valence-corrected chi connectivity index (χ0v) is 16.1. The van der Waals surface area contributed by atoms with Crippen LogP contribution in [0, 0.1) is 11.6 Å². The summed E-state index contributed by atoms with van der Waals surface area (Å²) in [4.78, 5) is -0.00165. The van der Waals surface area contributed by atoms with E-state index in [-0.39, 0.29) is 10.5 Å². The van der Waals surface area contributed by atoms with Crippen LogP contribution < -0.4 is 9.46 Å². The summed E-state index contributed by atoms with van der Waals surface area (Å²) in [6.07, 6.45) is 0. The van der Waals surface area contributed by atoms with Gasteiger partial charge in [-0.15, -0.1) is 0 Å². The van der Waals surface area contributed by atoms with E-state index in [9.17, 15) is 17.2 Å². The van der Waals surface area contributed by atoms with Crippen LogP contribution in [-0.2, 0) is 10.0 Å². The SMILES string of the molecule is COc1ccc(S(=O)(=O)NC(C)c2c(-c3ccccc3)ccc(F)c2F)cc1. The van der Waals surface area contributed by atoms with Crippen molar-refractivity contribution in [1.29, 1.82) is 0 Å². The third kappa shape index (κ3) is 4.05. The molecule has 146 valence electrons. The predicted octanol–water partition coefficient (Wildman–Crippen LogP) is 4.68. The maximum absolute atomic E-state index is 14.6. The minimum Gasteiger partial charge on any atom is -0.497 e. The predicted molar refractivity (Wildman–Crippen MR) is 104 cm³/mol. The average Bonchev–Trinajstić information content (AvgIpc) is 2.70. The first-order valence-electron chi connectivity index (χ1n) is 8.53. The molecule has 0 aliphatic heterocycles. The van der Waals surface area contributed by atoms with Gasteiger partial charge in [0.05, 0.1) is 12.0 Å². The lowest BCUT2D eigenvalue weighted by Gasteiger charge is -2.19. The second kappa shape index (κ2) is 8.08. The molecule has 0 aliphatic rings. The van der Waals surface area contributed by atoms with Gasteiger partial charge in [-0.25, -0.2) is 21.9 Å². The highest BCUT2D eigenvalue weighted by Gasteiger charge is 2.25. The summed E-state index contributed by atoms with van der Waals surface area (Å²) in [7, 11) is -2.48. The van der Waals surface area contributed by atoms with Crippen molar-refractivity contribution in [3.63, 3.8) is 0 Å². The number of hydrogen-bond acceptors (Lipinski definition) is 3. The van der Waals surface area contributed by atoms with Crippen molar-refractivity contribution in [3.8, 4) is 16.9 Å². The van der Waals surface area contributed by atoms with Gasteiger partial charge in [0.2, 0.25) is 10.0 Å². The number of nitrogens with one attached hydrogen (secondary N) is 1. The molecule has 7 heteroatoms. The minimum atomic E-state index is -3.96. The summed E-state index contributed by atoms with van der Waals surface area (Å²) in [5, 5.41) is 0. The van der Waals surface area contributed by atoms with E-state index in [1.54, 1.807) is 30.3 Å². The number of sulfonamides is 1. The first kappa shape index (κ1) is 20.0. The number of ether oxygens (including phenoxy) is 1. The molecule has 28 heavy (non-hydrogen) atoms. The summed E-state index contributed by atoms with van der Waals surface area (Å²) in [5.74, 6) is -1.61. The van der Waals surface area contributed by atoms with Crippen molar-refractivity contribution in [2.24, 2.45) is 0 Å². The summed E-state index contributed by atoms with van der Waals surface area (Å²) >= 11 is 0. The van der Waals surface area contributed by atoms with E-state index in [4.69, 9.17) is 4.74 Å². The van der Waals surface area contributed by atoms with Crippen LogP contribution in [0.25, 0.3) is 11.1 Å². The molecule has 3 aromatic rings. The fraction of sp³-hybridized carbons (Fsp3) is 0.143. The van der Waals surface area contributed by atoms with Gasteiger partial charge in [0, 0.05) is 11.6 Å². The van der Waals surface area contributed by atoms with Crippen LogP contribution in [0.4, 0.5) is 8.78 Å². The molecule has 1 N–H and O–H groups in total. The Morgan fingerprint density at radius 1 is 0.929 bits per heavy atom. The zero-order chi connectivity index (χ0) is 20.3. The molecule has 0 fully saturated rings. The smallest absolute Gasteiger partial charge is 0.241 e. The lowest BCUT2D eigenvalue weighted by Crippen LogP contribution is -2.28. The molecular weight excluding hydrogens is 384 g/mol. The summed E-state index contributed by atoms with van der Waals surface area (Å²) in [6, 6.07) is 16.1. The maximum Gasteiger partial charge on any atom is 0.241 e. The fourth-order valence-electron chi connectivity index (χ4n) is 2.97. The van der Waals surface area contributed by atoms with E-state index in [0.29, 0.717) is 16.9 Å². The minimum absolute atomic E-state index is 0.00165. The average molecular weight is 403 g/mol. The van der Waals surface area contributed by atoms with Gasteiger partial charge in [0.15, 0.2) is 11.6 Å². The lowest BCUT2D eigenvalue weighted by atomic mass is 9.95. The number of benzene rings is 3. The molecular formula is C21H19F2NO3S. The number of rotatable bonds is 6. The van der Waals surface area contributed by atoms with E-state index in [0.717, 1.165) is 6.07 Å². The molecule has 0 bridgehead atoms. The molecule has 0 saturated heterocycles. The standard InChI is InChI=1S/C21H19F2NO3S/c1-14(24-28(25,26)17-10-8-16(27-2)9-11-17)20-18(12-13-19(22)21(20)23)15-6-4-3-5-7-15/h3-14,24H,1-2H3. The second-order valence-electron chi connectivity index (χ2n) is 6.21. The number of halogens is 2. The summed E-state index contributed by atoms with van der Waals surface area (Å²) in [6.45, 7) is 1.48. The number of methoxy groups -OCH3 is 1. The Kier molecular flexibility index (Phi) is 5.76. The Labute approximate surface area is 162 Å². The van der Waals surface area contributed by atoms with Crippen LogP contribution in [0.15, 0.2) is 71.6 Å². The molecule has 0 saturated carbocycles. The van der Waals surface area contributed by atoms with Gasteiger partial charge in [-0.1, -0.05) is 36.4 Å². The highest BCUT2D eigenvalue weighted by Crippen LogP contribution is 2.32. The molecule has 0 aromatic heterocycles. The largest absolute Gasteiger partial charge is 0.497 e. The molecule has 3 aromatic carbocycles. The Balaban J connectivity index is 2.00. The lowest BCUT2D eigenvalue weighted by molar-refractivity contribution is 0.414. The van der Waals surface area contributed by atoms with E-state index < -0.39 is 27.7 Å². The van der Waals surface area contributed by atoms with Gasteiger partial charge in [0.1, 0.15) is 5.75 Å². The van der Waals surface area contributed by atoms with Gasteiger partial charge in [-0.05, 0) is 48.4 Å². The maximum atomic E-state index is 14.6. The molecule has 0 spiro atoms.